The second-order valence-electron chi connectivity index (χ2n) is 2.91. The molecule has 15 heavy (non-hydrogen) atoms. The lowest BCUT2D eigenvalue weighted by atomic mass is 10.3. The highest BCUT2D eigenvalue weighted by Gasteiger charge is 2.12. The van der Waals surface area contributed by atoms with E-state index in [1.807, 2.05) is 0 Å². The number of hydrogen-bond donors (Lipinski definition) is 1. The van der Waals surface area contributed by atoms with E-state index >= 15 is 0 Å². The summed E-state index contributed by atoms with van der Waals surface area (Å²) in [5, 5.41) is 2.50. The van der Waals surface area contributed by atoms with E-state index in [1.165, 1.54) is 11.3 Å². The zero-order valence-corrected chi connectivity index (χ0v) is 9.82. The predicted octanol–water partition coefficient (Wildman–Crippen LogP) is 1.38. The van der Waals surface area contributed by atoms with Gasteiger partial charge in [0.2, 0.25) is 5.91 Å². The van der Waals surface area contributed by atoms with Gasteiger partial charge in [-0.15, -0.1) is 22.9 Å². The Hall–Kier alpha value is -0.940. The van der Waals surface area contributed by atoms with Crippen LogP contribution in [0.15, 0.2) is 5.51 Å². The summed E-state index contributed by atoms with van der Waals surface area (Å²) in [6.45, 7) is 1.78. The van der Waals surface area contributed by atoms with Crippen LogP contribution in [0.1, 0.15) is 21.8 Å². The van der Waals surface area contributed by atoms with Crippen molar-refractivity contribution < 1.29 is 9.59 Å². The Balaban J connectivity index is 2.44. The number of hydrogen-bond acceptors (Lipinski definition) is 4. The molecule has 1 N–H and O–H groups in total. The number of ketones is 1. The van der Waals surface area contributed by atoms with Gasteiger partial charge in [-0.3, -0.25) is 9.59 Å². The van der Waals surface area contributed by atoms with Gasteiger partial charge in [-0.25, -0.2) is 4.98 Å². The number of nitrogens with one attached hydrogen (secondary N) is 1. The fourth-order valence-corrected chi connectivity index (χ4v) is 1.92. The molecular formula is C9H11ClN2O2S. The summed E-state index contributed by atoms with van der Waals surface area (Å²) >= 11 is 6.67. The van der Waals surface area contributed by atoms with Crippen LogP contribution < -0.4 is 5.32 Å². The molecule has 0 spiro atoms. The van der Waals surface area contributed by atoms with E-state index in [9.17, 15) is 9.59 Å². The number of aryl methyl sites for hydroxylation is 1. The molecule has 1 heterocycles. The summed E-state index contributed by atoms with van der Waals surface area (Å²) in [4.78, 5) is 27.2. The van der Waals surface area contributed by atoms with Crippen molar-refractivity contribution in [1.82, 2.24) is 10.3 Å². The molecule has 0 unspecified atom stereocenters. The van der Waals surface area contributed by atoms with Crippen molar-refractivity contribution in [3.05, 3.63) is 16.1 Å². The van der Waals surface area contributed by atoms with Crippen LogP contribution in [0.5, 0.6) is 0 Å². The number of aromatic nitrogens is 1. The largest absolute Gasteiger partial charge is 0.349 e. The van der Waals surface area contributed by atoms with Gasteiger partial charge in [0.25, 0.3) is 0 Å². The summed E-state index contributed by atoms with van der Waals surface area (Å²) in [5.41, 5.74) is 2.32. The second kappa shape index (κ2) is 5.82. The van der Waals surface area contributed by atoms with Gasteiger partial charge in [0.15, 0.2) is 5.78 Å². The van der Waals surface area contributed by atoms with E-state index in [4.69, 9.17) is 11.6 Å². The first-order valence-electron chi connectivity index (χ1n) is 4.41. The SMILES string of the molecule is Cc1ncsc1C(=O)CNC(=O)CCCl. The standard InChI is InChI=1S/C9H11ClN2O2S/c1-6-9(15-5-12-6)7(13)4-11-8(14)2-3-10/h5H,2-4H2,1H3,(H,11,14). The molecule has 82 valence electrons. The molecule has 0 saturated heterocycles. The van der Waals surface area contributed by atoms with Crippen molar-refractivity contribution in [3.63, 3.8) is 0 Å². The quantitative estimate of drug-likeness (QED) is 0.631. The van der Waals surface area contributed by atoms with Gasteiger partial charge in [0.05, 0.1) is 22.6 Å². The van der Waals surface area contributed by atoms with Crippen LogP contribution in [-0.2, 0) is 4.79 Å². The Morgan fingerprint density at radius 1 is 1.60 bits per heavy atom. The Morgan fingerprint density at radius 2 is 2.33 bits per heavy atom. The Labute approximate surface area is 96.7 Å². The van der Waals surface area contributed by atoms with Crippen molar-refractivity contribution in [2.24, 2.45) is 0 Å². The Bertz CT molecular complexity index is 365. The number of thiazole rings is 1. The number of rotatable bonds is 5. The van der Waals surface area contributed by atoms with Gasteiger partial charge in [-0.1, -0.05) is 0 Å². The number of alkyl halides is 1. The maximum atomic E-state index is 11.6. The van der Waals surface area contributed by atoms with Crippen LogP contribution in [0, 0.1) is 6.92 Å². The van der Waals surface area contributed by atoms with Gasteiger partial charge in [-0.2, -0.15) is 0 Å². The molecule has 0 aliphatic rings. The van der Waals surface area contributed by atoms with E-state index in [0.29, 0.717) is 10.6 Å². The number of amides is 1. The molecule has 0 aromatic carbocycles. The third-order valence-electron chi connectivity index (χ3n) is 1.77. The van der Waals surface area contributed by atoms with Crippen LogP contribution >= 0.6 is 22.9 Å². The summed E-state index contributed by atoms with van der Waals surface area (Å²) in [7, 11) is 0. The average Bonchev–Trinajstić information content (AvgIpc) is 2.61. The summed E-state index contributed by atoms with van der Waals surface area (Å²) in [6, 6.07) is 0. The van der Waals surface area contributed by atoms with Crippen LogP contribution in [0.4, 0.5) is 0 Å². The third-order valence-corrected chi connectivity index (χ3v) is 2.93. The van der Waals surface area contributed by atoms with Crippen LogP contribution in [0.2, 0.25) is 0 Å². The van der Waals surface area contributed by atoms with Crippen LogP contribution in [0.25, 0.3) is 0 Å². The number of halogens is 1. The second-order valence-corrected chi connectivity index (χ2v) is 4.14. The van der Waals surface area contributed by atoms with Crippen molar-refractivity contribution in [2.45, 2.75) is 13.3 Å². The molecular weight excluding hydrogens is 236 g/mol. The smallest absolute Gasteiger partial charge is 0.221 e. The molecule has 0 bridgehead atoms. The maximum Gasteiger partial charge on any atom is 0.221 e. The number of carbonyl (C=O) groups is 2. The number of Topliss-reactive ketones (excluding diaryl/α,β-unsaturated/α-hetero) is 1. The zero-order chi connectivity index (χ0) is 11.3. The molecule has 6 heteroatoms. The highest BCUT2D eigenvalue weighted by Crippen LogP contribution is 2.12. The highest BCUT2D eigenvalue weighted by atomic mass is 35.5. The number of nitrogens with zero attached hydrogens (tertiary/aromatic N) is 1. The van der Waals surface area contributed by atoms with E-state index in [-0.39, 0.29) is 30.5 Å². The topological polar surface area (TPSA) is 59.1 Å². The van der Waals surface area contributed by atoms with Gasteiger partial charge < -0.3 is 5.32 Å². The molecule has 0 atom stereocenters. The first-order chi connectivity index (χ1) is 7.15. The monoisotopic (exact) mass is 246 g/mol. The molecule has 1 rings (SSSR count). The normalized spacial score (nSPS) is 10.0. The summed E-state index contributed by atoms with van der Waals surface area (Å²) in [6.07, 6.45) is 0.233. The summed E-state index contributed by atoms with van der Waals surface area (Å²) < 4.78 is 0. The van der Waals surface area contributed by atoms with Crippen LogP contribution in [-0.4, -0.2) is 29.1 Å². The Morgan fingerprint density at radius 3 is 2.87 bits per heavy atom. The molecule has 0 aliphatic heterocycles. The maximum absolute atomic E-state index is 11.6. The van der Waals surface area contributed by atoms with E-state index in [1.54, 1.807) is 12.4 Å². The minimum atomic E-state index is -0.208. The first-order valence-corrected chi connectivity index (χ1v) is 5.82. The van der Waals surface area contributed by atoms with E-state index in [2.05, 4.69) is 10.3 Å². The fourth-order valence-electron chi connectivity index (χ4n) is 1.00. The molecule has 0 fully saturated rings. The average molecular weight is 247 g/mol. The molecule has 1 aromatic heterocycles. The highest BCUT2D eigenvalue weighted by molar-refractivity contribution is 7.12. The minimum absolute atomic E-state index is 0.0127. The zero-order valence-electron chi connectivity index (χ0n) is 8.25. The lowest BCUT2D eigenvalue weighted by molar-refractivity contribution is -0.120. The minimum Gasteiger partial charge on any atom is -0.349 e. The van der Waals surface area contributed by atoms with Crippen molar-refractivity contribution in [1.29, 1.82) is 0 Å². The van der Waals surface area contributed by atoms with Gasteiger partial charge in [0.1, 0.15) is 0 Å². The van der Waals surface area contributed by atoms with Gasteiger partial charge >= 0.3 is 0 Å². The van der Waals surface area contributed by atoms with Crippen LogP contribution in [0.3, 0.4) is 0 Å². The molecule has 1 amide bonds. The van der Waals surface area contributed by atoms with Crippen molar-refractivity contribution >= 4 is 34.6 Å². The molecule has 1 aromatic rings. The number of carbonyl (C=O) groups excluding carboxylic acids is 2. The van der Waals surface area contributed by atoms with E-state index < -0.39 is 0 Å². The predicted molar refractivity (Wildman–Crippen MR) is 59.5 cm³/mol. The van der Waals surface area contributed by atoms with Crippen molar-refractivity contribution in [2.75, 3.05) is 12.4 Å². The summed E-state index contributed by atoms with van der Waals surface area (Å²) in [5.74, 6) is -0.0574. The fraction of sp³-hybridized carbons (Fsp3) is 0.444. The Kier molecular flexibility index (Phi) is 4.71. The van der Waals surface area contributed by atoms with E-state index in [0.717, 1.165) is 0 Å². The molecule has 0 radical (unpaired) electrons. The lowest BCUT2D eigenvalue weighted by Gasteiger charge is -2.01. The van der Waals surface area contributed by atoms with Crippen molar-refractivity contribution in [3.8, 4) is 0 Å². The first kappa shape index (κ1) is 12.1. The van der Waals surface area contributed by atoms with Gasteiger partial charge in [0, 0.05) is 12.3 Å². The van der Waals surface area contributed by atoms with Gasteiger partial charge in [-0.05, 0) is 6.92 Å². The molecule has 0 aliphatic carbocycles. The molecule has 4 nitrogen and oxygen atoms in total. The molecule has 0 saturated carbocycles. The lowest BCUT2D eigenvalue weighted by Crippen LogP contribution is -2.29. The third kappa shape index (κ3) is 3.60.